The fourth-order valence-corrected chi connectivity index (χ4v) is 13.0. The number of hydrogen-bond donors (Lipinski definition) is 0. The molecule has 10 unspecified atom stereocenters. The van der Waals surface area contributed by atoms with Crippen LogP contribution >= 0.6 is 0 Å². The van der Waals surface area contributed by atoms with Crippen LogP contribution in [0, 0.1) is 56.2 Å². The molecule has 0 aromatic heterocycles. The quantitative estimate of drug-likeness (QED) is 0.130. The van der Waals surface area contributed by atoms with Gasteiger partial charge in [-0.3, -0.25) is 4.79 Å². The van der Waals surface area contributed by atoms with E-state index in [0.29, 0.717) is 28.6 Å². The predicted molar refractivity (Wildman–Crippen MR) is 191 cm³/mol. The van der Waals surface area contributed by atoms with Gasteiger partial charge in [0, 0.05) is 11.8 Å². The summed E-state index contributed by atoms with van der Waals surface area (Å²) in [5.74, 6) is 3.14. The lowest BCUT2D eigenvalue weighted by atomic mass is 9.30. The molecule has 5 rings (SSSR count). The smallest absolute Gasteiger partial charge is 0.306 e. The van der Waals surface area contributed by atoms with Crippen LogP contribution in [0.4, 0.5) is 0 Å². The summed E-state index contributed by atoms with van der Waals surface area (Å²) in [5.41, 5.74) is 3.38. The van der Waals surface area contributed by atoms with Gasteiger partial charge in [-0.05, 0) is 115 Å². The van der Waals surface area contributed by atoms with Gasteiger partial charge in [0.05, 0.1) is 0 Å². The molecule has 5 aliphatic rings. The van der Waals surface area contributed by atoms with Crippen molar-refractivity contribution in [3.8, 4) is 0 Å². The molecule has 0 radical (unpaired) electrons. The topological polar surface area (TPSA) is 26.3 Å². The van der Waals surface area contributed by atoms with E-state index >= 15 is 0 Å². The second-order valence-corrected chi connectivity index (χ2v) is 19.3. The van der Waals surface area contributed by atoms with Gasteiger partial charge in [-0.15, -0.1) is 0 Å². The third-order valence-corrected chi connectivity index (χ3v) is 17.2. The van der Waals surface area contributed by atoms with Gasteiger partial charge >= 0.3 is 5.97 Å². The van der Waals surface area contributed by atoms with Crippen LogP contribution in [0.5, 0.6) is 0 Å². The van der Waals surface area contributed by atoms with Crippen molar-refractivity contribution < 1.29 is 9.53 Å². The second kappa shape index (κ2) is 12.9. The number of hydrogen-bond acceptors (Lipinski definition) is 2. The van der Waals surface area contributed by atoms with Crippen LogP contribution in [0.2, 0.25) is 0 Å². The minimum Gasteiger partial charge on any atom is -0.462 e. The normalized spacial score (nSPS) is 45.4. The van der Waals surface area contributed by atoms with E-state index in [1.54, 1.807) is 0 Å². The lowest BCUT2D eigenvalue weighted by molar-refractivity contribution is -0.254. The average Bonchev–Trinajstić information content (AvgIpc) is 2.99. The monoisotopic (exact) mass is 623 g/mol. The van der Waals surface area contributed by atoms with E-state index in [1.165, 1.54) is 103 Å². The maximum absolute atomic E-state index is 13.2. The molecule has 0 aromatic rings. The lowest BCUT2D eigenvalue weighted by Crippen LogP contribution is -2.68. The van der Waals surface area contributed by atoms with Crippen LogP contribution in [-0.4, -0.2) is 12.1 Å². The van der Waals surface area contributed by atoms with Crippen molar-refractivity contribution in [1.29, 1.82) is 0 Å². The van der Waals surface area contributed by atoms with Crippen molar-refractivity contribution >= 4 is 5.97 Å². The summed E-state index contributed by atoms with van der Waals surface area (Å²) >= 11 is 0. The van der Waals surface area contributed by atoms with Crippen LogP contribution in [0.25, 0.3) is 0 Å². The Kier molecular flexibility index (Phi) is 10.2. The summed E-state index contributed by atoms with van der Waals surface area (Å²) in [6.45, 7) is 25.7. The number of fused-ring (bicyclic) bond motifs is 7. The largest absolute Gasteiger partial charge is 0.462 e. The summed E-state index contributed by atoms with van der Waals surface area (Å²) in [6.07, 6.45) is 26.6. The molecular formula is C43H74O2. The Morgan fingerprint density at radius 2 is 1.40 bits per heavy atom. The summed E-state index contributed by atoms with van der Waals surface area (Å²) < 4.78 is 6.45. The number of ether oxygens (including phenoxy) is 1. The number of esters is 1. The van der Waals surface area contributed by atoms with Crippen molar-refractivity contribution in [2.75, 3.05) is 0 Å². The Morgan fingerprint density at radius 1 is 0.756 bits per heavy atom. The van der Waals surface area contributed by atoms with Crippen molar-refractivity contribution in [3.63, 3.8) is 0 Å². The SMILES string of the molecule is CCCCCCCCCCCC(=O)OC1CCC2(C)C3CC=C4C5C(C)C(C)CCC5(C)CCC4(C)C3(C)CCC2(C)C1(C)C. The number of carbonyl (C=O) groups excluding carboxylic acids is 1. The van der Waals surface area contributed by atoms with E-state index < -0.39 is 0 Å². The molecule has 5 aliphatic carbocycles. The highest BCUT2D eigenvalue weighted by Crippen LogP contribution is 2.78. The molecule has 0 aromatic carbocycles. The van der Waals surface area contributed by atoms with Gasteiger partial charge < -0.3 is 4.74 Å². The fraction of sp³-hybridized carbons (Fsp3) is 0.930. The molecule has 4 saturated carbocycles. The highest BCUT2D eigenvalue weighted by Gasteiger charge is 2.72. The van der Waals surface area contributed by atoms with Crippen LogP contribution in [0.3, 0.4) is 0 Å². The highest BCUT2D eigenvalue weighted by atomic mass is 16.5. The van der Waals surface area contributed by atoms with Crippen LogP contribution in [0.1, 0.15) is 191 Å². The molecule has 10 atom stereocenters. The molecule has 0 saturated heterocycles. The van der Waals surface area contributed by atoms with Crippen LogP contribution in [0.15, 0.2) is 11.6 Å². The maximum Gasteiger partial charge on any atom is 0.306 e. The minimum atomic E-state index is -0.0289. The van der Waals surface area contributed by atoms with Crippen LogP contribution in [-0.2, 0) is 9.53 Å². The molecule has 0 aliphatic heterocycles. The van der Waals surface area contributed by atoms with Gasteiger partial charge in [0.15, 0.2) is 0 Å². The Balaban J connectivity index is 1.27. The molecule has 0 amide bonds. The van der Waals surface area contributed by atoms with Crippen molar-refractivity contribution in [3.05, 3.63) is 11.6 Å². The maximum atomic E-state index is 13.2. The fourth-order valence-electron chi connectivity index (χ4n) is 13.0. The van der Waals surface area contributed by atoms with Crippen LogP contribution < -0.4 is 0 Å². The van der Waals surface area contributed by atoms with Gasteiger partial charge in [-0.2, -0.15) is 0 Å². The van der Waals surface area contributed by atoms with Gasteiger partial charge in [-0.1, -0.05) is 132 Å². The van der Waals surface area contributed by atoms with E-state index in [0.717, 1.165) is 30.6 Å². The average molecular weight is 623 g/mol. The van der Waals surface area contributed by atoms with Crippen molar-refractivity contribution in [2.45, 2.75) is 197 Å². The molecule has 4 fully saturated rings. The standard InChI is InChI=1S/C43H74O2/c1-11-12-13-14-15-16-17-18-19-20-36(44)45-35-24-26-42(9)34-22-21-33-37-32(3)31(2)23-25-39(37,6)27-28-40(33,7)41(34,8)29-30-43(42,10)38(35,4)5/h21,31-32,34-35,37H,11-20,22-30H2,1-10H3. The molecule has 0 bridgehead atoms. The van der Waals surface area contributed by atoms with Gasteiger partial charge in [0.1, 0.15) is 6.10 Å². The van der Waals surface area contributed by atoms with E-state index in [9.17, 15) is 4.79 Å². The van der Waals surface area contributed by atoms with E-state index in [4.69, 9.17) is 4.74 Å². The van der Waals surface area contributed by atoms with Crippen molar-refractivity contribution in [2.24, 2.45) is 56.2 Å². The number of rotatable bonds is 11. The highest BCUT2D eigenvalue weighted by molar-refractivity contribution is 5.69. The van der Waals surface area contributed by atoms with E-state index in [1.807, 2.05) is 5.57 Å². The Hall–Kier alpha value is -0.790. The van der Waals surface area contributed by atoms with E-state index in [2.05, 4.69) is 75.3 Å². The first kappa shape index (κ1) is 35.5. The Bertz CT molecular complexity index is 1090. The molecule has 0 spiro atoms. The van der Waals surface area contributed by atoms with Gasteiger partial charge in [0.25, 0.3) is 0 Å². The minimum absolute atomic E-state index is 0.0289. The first-order valence-corrected chi connectivity index (χ1v) is 20.0. The molecule has 258 valence electrons. The van der Waals surface area contributed by atoms with E-state index in [-0.39, 0.29) is 28.3 Å². The number of carbonyl (C=O) groups is 1. The third kappa shape index (κ3) is 5.63. The second-order valence-electron chi connectivity index (χ2n) is 19.3. The Labute approximate surface area is 280 Å². The molecule has 0 N–H and O–H groups in total. The summed E-state index contributed by atoms with van der Waals surface area (Å²) in [7, 11) is 0. The van der Waals surface area contributed by atoms with Gasteiger partial charge in [-0.25, -0.2) is 0 Å². The Morgan fingerprint density at radius 3 is 2.07 bits per heavy atom. The number of allylic oxidation sites excluding steroid dienone is 2. The first-order valence-electron chi connectivity index (χ1n) is 20.0. The zero-order valence-electron chi connectivity index (χ0n) is 31.7. The zero-order valence-corrected chi connectivity index (χ0v) is 31.7. The molecule has 2 heteroatoms. The predicted octanol–water partition coefficient (Wildman–Crippen LogP) is 12.9. The third-order valence-electron chi connectivity index (χ3n) is 17.2. The first-order chi connectivity index (χ1) is 21.1. The summed E-state index contributed by atoms with van der Waals surface area (Å²) in [6, 6.07) is 0. The zero-order chi connectivity index (χ0) is 32.9. The molecular weight excluding hydrogens is 548 g/mol. The summed E-state index contributed by atoms with van der Waals surface area (Å²) in [4.78, 5) is 13.2. The molecule has 2 nitrogen and oxygen atoms in total. The van der Waals surface area contributed by atoms with Gasteiger partial charge in [0.2, 0.25) is 0 Å². The number of unbranched alkanes of at least 4 members (excludes halogenated alkanes) is 8. The summed E-state index contributed by atoms with van der Waals surface area (Å²) in [5, 5.41) is 0. The van der Waals surface area contributed by atoms with Crippen molar-refractivity contribution in [1.82, 2.24) is 0 Å². The lowest BCUT2D eigenvalue weighted by Gasteiger charge is -2.74. The molecule has 45 heavy (non-hydrogen) atoms. The molecule has 0 heterocycles.